The third-order valence-corrected chi connectivity index (χ3v) is 6.22. The lowest BCUT2D eigenvalue weighted by Gasteiger charge is -2.12. The molecule has 2 heterocycles. The van der Waals surface area contributed by atoms with Crippen LogP contribution in [0.2, 0.25) is 0 Å². The second-order valence-corrected chi connectivity index (χ2v) is 8.21. The summed E-state index contributed by atoms with van der Waals surface area (Å²) in [6.45, 7) is 2.51. The van der Waals surface area contributed by atoms with Gasteiger partial charge in [0.2, 0.25) is 10.0 Å². The first kappa shape index (κ1) is 18.3. The van der Waals surface area contributed by atoms with E-state index < -0.39 is 10.0 Å². The molecule has 0 aliphatic carbocycles. The normalized spacial score (nSPS) is 11.8. The fourth-order valence-corrected chi connectivity index (χ4v) is 4.52. The molecule has 4 aromatic rings. The summed E-state index contributed by atoms with van der Waals surface area (Å²) in [6.07, 6.45) is 3.44. The number of hydrogen-bond donors (Lipinski definition) is 1. The minimum absolute atomic E-state index is 0.259. The van der Waals surface area contributed by atoms with Crippen LogP contribution in [0, 0.1) is 6.92 Å². The molecule has 4 rings (SSSR count). The Balaban J connectivity index is 1.63. The number of sulfonamides is 1. The number of para-hydroxylation sites is 2. The van der Waals surface area contributed by atoms with E-state index in [1.807, 2.05) is 47.0 Å². The fraction of sp³-hybridized carbons (Fsp3) is 0.143. The fourth-order valence-electron chi connectivity index (χ4n) is 3.25. The highest BCUT2D eigenvalue weighted by Crippen LogP contribution is 2.24. The van der Waals surface area contributed by atoms with Crippen LogP contribution in [-0.4, -0.2) is 29.5 Å². The Morgan fingerprint density at radius 1 is 0.964 bits per heavy atom. The molecular formula is C21H20N4O2S. The third kappa shape index (κ3) is 3.54. The summed E-state index contributed by atoms with van der Waals surface area (Å²) in [4.78, 5) is 9.10. The molecule has 0 atom stereocenters. The van der Waals surface area contributed by atoms with Crippen LogP contribution in [0.5, 0.6) is 0 Å². The minimum atomic E-state index is -3.57. The van der Waals surface area contributed by atoms with Gasteiger partial charge in [0.15, 0.2) is 0 Å². The first-order chi connectivity index (χ1) is 13.6. The summed E-state index contributed by atoms with van der Waals surface area (Å²) in [5.41, 5.74) is 3.49. The SMILES string of the molecule is Cc1ccccc1S(=O)(=O)NCCn1c(-c2ccncc2)nc2ccccc21. The zero-order chi connectivity index (χ0) is 19.6. The molecular weight excluding hydrogens is 372 g/mol. The topological polar surface area (TPSA) is 76.9 Å². The van der Waals surface area contributed by atoms with Crippen LogP contribution in [0.4, 0.5) is 0 Å². The first-order valence-corrected chi connectivity index (χ1v) is 10.5. The van der Waals surface area contributed by atoms with E-state index in [1.165, 1.54) is 0 Å². The number of aromatic nitrogens is 3. The zero-order valence-electron chi connectivity index (χ0n) is 15.4. The molecule has 28 heavy (non-hydrogen) atoms. The Labute approximate surface area is 163 Å². The molecule has 2 aromatic carbocycles. The van der Waals surface area contributed by atoms with E-state index in [1.54, 1.807) is 37.5 Å². The third-order valence-electron chi connectivity index (χ3n) is 4.60. The van der Waals surface area contributed by atoms with Gasteiger partial charge in [-0.25, -0.2) is 18.1 Å². The van der Waals surface area contributed by atoms with Crippen LogP contribution >= 0.6 is 0 Å². The predicted octanol–water partition coefficient (Wildman–Crippen LogP) is 3.39. The lowest BCUT2D eigenvalue weighted by atomic mass is 10.2. The minimum Gasteiger partial charge on any atom is -0.323 e. The molecule has 2 aromatic heterocycles. The molecule has 0 fully saturated rings. The molecule has 7 heteroatoms. The molecule has 1 N–H and O–H groups in total. The van der Waals surface area contributed by atoms with Crippen LogP contribution in [0.3, 0.4) is 0 Å². The number of hydrogen-bond acceptors (Lipinski definition) is 4. The quantitative estimate of drug-likeness (QED) is 0.546. The number of fused-ring (bicyclic) bond motifs is 1. The van der Waals surface area contributed by atoms with Gasteiger partial charge in [-0.3, -0.25) is 4.98 Å². The summed E-state index contributed by atoms with van der Waals surface area (Å²) in [5, 5.41) is 0. The number of nitrogens with one attached hydrogen (secondary N) is 1. The standard InChI is InChI=1S/C21H20N4O2S/c1-16-6-2-5-9-20(16)28(26,27)23-14-15-25-19-8-4-3-7-18(19)24-21(25)17-10-12-22-13-11-17/h2-13,23H,14-15H2,1H3. The Morgan fingerprint density at radius 2 is 1.68 bits per heavy atom. The summed E-state index contributed by atoms with van der Waals surface area (Å²) >= 11 is 0. The lowest BCUT2D eigenvalue weighted by Crippen LogP contribution is -2.28. The van der Waals surface area contributed by atoms with Gasteiger partial charge in [0, 0.05) is 31.0 Å². The number of nitrogens with zero attached hydrogens (tertiary/aromatic N) is 3. The number of rotatable bonds is 6. The summed E-state index contributed by atoms with van der Waals surface area (Å²) in [7, 11) is -3.57. The Kier molecular flexibility index (Phi) is 4.93. The molecule has 0 spiro atoms. The average molecular weight is 392 g/mol. The van der Waals surface area contributed by atoms with E-state index in [9.17, 15) is 8.42 Å². The maximum atomic E-state index is 12.7. The molecule has 0 unspecified atom stereocenters. The second kappa shape index (κ2) is 7.53. The summed E-state index contributed by atoms with van der Waals surface area (Å²) in [5.74, 6) is 0.790. The van der Waals surface area contributed by atoms with Crippen molar-refractivity contribution in [3.05, 3.63) is 78.6 Å². The van der Waals surface area contributed by atoms with Crippen molar-refractivity contribution < 1.29 is 8.42 Å². The number of aryl methyl sites for hydroxylation is 1. The van der Waals surface area contributed by atoms with Gasteiger partial charge in [-0.05, 0) is 42.8 Å². The van der Waals surface area contributed by atoms with E-state index in [-0.39, 0.29) is 6.54 Å². The van der Waals surface area contributed by atoms with Gasteiger partial charge in [0.1, 0.15) is 5.82 Å². The zero-order valence-corrected chi connectivity index (χ0v) is 16.2. The van der Waals surface area contributed by atoms with Gasteiger partial charge in [-0.1, -0.05) is 30.3 Å². The predicted molar refractivity (Wildman–Crippen MR) is 109 cm³/mol. The Hall–Kier alpha value is -3.03. The monoisotopic (exact) mass is 392 g/mol. The van der Waals surface area contributed by atoms with Gasteiger partial charge < -0.3 is 4.57 Å². The van der Waals surface area contributed by atoms with Crippen LogP contribution in [0.1, 0.15) is 5.56 Å². The highest BCUT2D eigenvalue weighted by Gasteiger charge is 2.17. The van der Waals surface area contributed by atoms with Gasteiger partial charge in [-0.2, -0.15) is 0 Å². The first-order valence-electron chi connectivity index (χ1n) is 8.97. The Morgan fingerprint density at radius 3 is 2.46 bits per heavy atom. The molecule has 0 bridgehead atoms. The summed E-state index contributed by atoms with van der Waals surface area (Å²) in [6, 6.07) is 18.6. The molecule has 0 saturated heterocycles. The Bertz CT molecular complexity index is 1220. The van der Waals surface area contributed by atoms with Crippen molar-refractivity contribution in [3.8, 4) is 11.4 Å². The molecule has 6 nitrogen and oxygen atoms in total. The van der Waals surface area contributed by atoms with Gasteiger partial charge in [0.25, 0.3) is 0 Å². The van der Waals surface area contributed by atoms with E-state index in [0.29, 0.717) is 11.4 Å². The van der Waals surface area contributed by atoms with Crippen molar-refractivity contribution >= 4 is 21.1 Å². The van der Waals surface area contributed by atoms with Crippen LogP contribution in [-0.2, 0) is 16.6 Å². The van der Waals surface area contributed by atoms with Crippen molar-refractivity contribution in [2.45, 2.75) is 18.4 Å². The van der Waals surface area contributed by atoms with E-state index >= 15 is 0 Å². The number of imidazole rings is 1. The van der Waals surface area contributed by atoms with E-state index in [4.69, 9.17) is 4.98 Å². The second-order valence-electron chi connectivity index (χ2n) is 6.47. The van der Waals surface area contributed by atoms with Gasteiger partial charge >= 0.3 is 0 Å². The van der Waals surface area contributed by atoms with Crippen LogP contribution < -0.4 is 4.72 Å². The number of benzene rings is 2. The highest BCUT2D eigenvalue weighted by molar-refractivity contribution is 7.89. The van der Waals surface area contributed by atoms with Crippen molar-refractivity contribution in [2.75, 3.05) is 6.54 Å². The largest absolute Gasteiger partial charge is 0.323 e. The van der Waals surface area contributed by atoms with Crippen molar-refractivity contribution in [1.82, 2.24) is 19.3 Å². The molecule has 0 aliphatic rings. The molecule has 0 saturated carbocycles. The van der Waals surface area contributed by atoms with Crippen molar-refractivity contribution in [3.63, 3.8) is 0 Å². The van der Waals surface area contributed by atoms with Gasteiger partial charge in [0.05, 0.1) is 15.9 Å². The highest BCUT2D eigenvalue weighted by atomic mass is 32.2. The van der Waals surface area contributed by atoms with Crippen molar-refractivity contribution in [2.24, 2.45) is 0 Å². The lowest BCUT2D eigenvalue weighted by molar-refractivity contribution is 0.574. The van der Waals surface area contributed by atoms with Crippen LogP contribution in [0.15, 0.2) is 78.0 Å². The van der Waals surface area contributed by atoms with Gasteiger partial charge in [-0.15, -0.1) is 0 Å². The molecule has 0 amide bonds. The summed E-state index contributed by atoms with van der Waals surface area (Å²) < 4.78 is 30.1. The maximum absolute atomic E-state index is 12.7. The van der Waals surface area contributed by atoms with Crippen molar-refractivity contribution in [1.29, 1.82) is 0 Å². The molecule has 0 aliphatic heterocycles. The molecule has 0 radical (unpaired) electrons. The van der Waals surface area contributed by atoms with Crippen LogP contribution in [0.25, 0.3) is 22.4 Å². The maximum Gasteiger partial charge on any atom is 0.240 e. The molecule has 142 valence electrons. The van der Waals surface area contributed by atoms with E-state index in [2.05, 4.69) is 9.71 Å². The smallest absolute Gasteiger partial charge is 0.240 e. The number of pyridine rings is 1. The van der Waals surface area contributed by atoms with E-state index in [0.717, 1.165) is 28.0 Å². The average Bonchev–Trinajstić information content (AvgIpc) is 3.07.